The summed E-state index contributed by atoms with van der Waals surface area (Å²) in [4.78, 5) is 2.06. The maximum Gasteiger partial charge on any atom is 0.170 e. The van der Waals surface area contributed by atoms with Gasteiger partial charge in [0.2, 0.25) is 0 Å². The molecular formula is C13H21N3OS. The third kappa shape index (κ3) is 5.33. The van der Waals surface area contributed by atoms with Crippen LogP contribution in [-0.2, 0) is 4.74 Å². The molecule has 0 aliphatic rings. The number of nitrogens with zero attached hydrogens (tertiary/aromatic N) is 1. The van der Waals surface area contributed by atoms with E-state index in [9.17, 15) is 0 Å². The maximum atomic E-state index is 5.20. The predicted molar refractivity (Wildman–Crippen MR) is 81.5 cm³/mol. The molecule has 0 aromatic heterocycles. The highest BCUT2D eigenvalue weighted by Crippen LogP contribution is 2.15. The fourth-order valence-electron chi connectivity index (χ4n) is 1.44. The van der Waals surface area contributed by atoms with Crippen LogP contribution in [0.4, 0.5) is 11.4 Å². The first-order chi connectivity index (χ1) is 8.63. The summed E-state index contributed by atoms with van der Waals surface area (Å²) in [6.45, 7) is 1.56. The van der Waals surface area contributed by atoms with Crippen molar-refractivity contribution in [1.82, 2.24) is 5.32 Å². The monoisotopic (exact) mass is 267 g/mol. The molecule has 0 unspecified atom stereocenters. The molecule has 0 atom stereocenters. The number of rotatable bonds is 6. The largest absolute Gasteiger partial charge is 0.385 e. The number of thiocarbonyl (C=S) groups is 1. The van der Waals surface area contributed by atoms with Gasteiger partial charge < -0.3 is 20.3 Å². The molecule has 0 fully saturated rings. The fourth-order valence-corrected chi connectivity index (χ4v) is 1.66. The lowest BCUT2D eigenvalue weighted by Crippen LogP contribution is -2.29. The molecule has 0 saturated carbocycles. The second kappa shape index (κ2) is 7.89. The first kappa shape index (κ1) is 14.7. The van der Waals surface area contributed by atoms with Crippen LogP contribution in [0.5, 0.6) is 0 Å². The van der Waals surface area contributed by atoms with E-state index in [1.807, 2.05) is 26.2 Å². The summed E-state index contributed by atoms with van der Waals surface area (Å²) in [7, 11) is 5.73. The molecule has 0 amide bonds. The Hall–Kier alpha value is -1.33. The van der Waals surface area contributed by atoms with Gasteiger partial charge in [0.1, 0.15) is 0 Å². The summed E-state index contributed by atoms with van der Waals surface area (Å²) in [6.07, 6.45) is 0.942. The molecule has 0 spiro atoms. The van der Waals surface area contributed by atoms with Gasteiger partial charge in [0.05, 0.1) is 0 Å². The minimum Gasteiger partial charge on any atom is -0.385 e. The SMILES string of the molecule is COCCCNC(=S)Nc1ccc(N(C)C)cc1. The average Bonchev–Trinajstić information content (AvgIpc) is 2.35. The van der Waals surface area contributed by atoms with Crippen LogP contribution in [0.1, 0.15) is 6.42 Å². The highest BCUT2D eigenvalue weighted by molar-refractivity contribution is 7.80. The van der Waals surface area contributed by atoms with E-state index in [1.165, 1.54) is 5.69 Å². The first-order valence-electron chi connectivity index (χ1n) is 5.94. The zero-order chi connectivity index (χ0) is 13.4. The summed E-state index contributed by atoms with van der Waals surface area (Å²) >= 11 is 5.20. The topological polar surface area (TPSA) is 36.5 Å². The van der Waals surface area contributed by atoms with Crippen molar-refractivity contribution in [2.24, 2.45) is 0 Å². The van der Waals surface area contributed by atoms with Gasteiger partial charge in [-0.1, -0.05) is 0 Å². The van der Waals surface area contributed by atoms with Crippen molar-refractivity contribution in [3.05, 3.63) is 24.3 Å². The van der Waals surface area contributed by atoms with Crippen molar-refractivity contribution < 1.29 is 4.74 Å². The third-order valence-corrected chi connectivity index (χ3v) is 2.70. The quantitative estimate of drug-likeness (QED) is 0.609. The Morgan fingerprint density at radius 1 is 1.28 bits per heavy atom. The van der Waals surface area contributed by atoms with Crippen LogP contribution in [0.3, 0.4) is 0 Å². The summed E-state index contributed by atoms with van der Waals surface area (Å²) in [5.74, 6) is 0. The zero-order valence-electron chi connectivity index (χ0n) is 11.2. The van der Waals surface area contributed by atoms with Crippen LogP contribution >= 0.6 is 12.2 Å². The van der Waals surface area contributed by atoms with Crippen molar-refractivity contribution in [2.45, 2.75) is 6.42 Å². The number of benzene rings is 1. The van der Waals surface area contributed by atoms with E-state index >= 15 is 0 Å². The van der Waals surface area contributed by atoms with Crippen LogP contribution in [0.25, 0.3) is 0 Å². The number of anilines is 2. The number of methoxy groups -OCH3 is 1. The minimum atomic E-state index is 0.642. The zero-order valence-corrected chi connectivity index (χ0v) is 12.0. The smallest absolute Gasteiger partial charge is 0.170 e. The van der Waals surface area contributed by atoms with E-state index in [1.54, 1.807) is 7.11 Å². The Morgan fingerprint density at radius 3 is 2.50 bits per heavy atom. The molecule has 0 aliphatic carbocycles. The van der Waals surface area contributed by atoms with E-state index in [0.29, 0.717) is 5.11 Å². The van der Waals surface area contributed by atoms with Gasteiger partial charge >= 0.3 is 0 Å². The molecule has 0 heterocycles. The highest BCUT2D eigenvalue weighted by atomic mass is 32.1. The normalized spacial score (nSPS) is 9.94. The van der Waals surface area contributed by atoms with Crippen molar-refractivity contribution in [2.75, 3.05) is 44.6 Å². The van der Waals surface area contributed by atoms with Gasteiger partial charge in [-0.05, 0) is 42.9 Å². The third-order valence-electron chi connectivity index (χ3n) is 2.45. The van der Waals surface area contributed by atoms with Gasteiger partial charge in [-0.25, -0.2) is 0 Å². The number of hydrogen-bond acceptors (Lipinski definition) is 3. The second-order valence-corrected chi connectivity index (χ2v) is 4.58. The van der Waals surface area contributed by atoms with Gasteiger partial charge in [0.15, 0.2) is 5.11 Å². The summed E-state index contributed by atoms with van der Waals surface area (Å²) < 4.78 is 4.97. The molecule has 100 valence electrons. The molecule has 2 N–H and O–H groups in total. The molecule has 0 radical (unpaired) electrons. The number of hydrogen-bond donors (Lipinski definition) is 2. The molecule has 18 heavy (non-hydrogen) atoms. The Bertz CT molecular complexity index is 365. The van der Waals surface area contributed by atoms with E-state index in [2.05, 4.69) is 27.7 Å². The van der Waals surface area contributed by atoms with Crippen LogP contribution in [0.2, 0.25) is 0 Å². The van der Waals surface area contributed by atoms with Gasteiger partial charge in [-0.15, -0.1) is 0 Å². The van der Waals surface area contributed by atoms with Gasteiger partial charge in [0.25, 0.3) is 0 Å². The predicted octanol–water partition coefficient (Wildman–Crippen LogP) is 2.08. The minimum absolute atomic E-state index is 0.642. The number of ether oxygens (including phenoxy) is 1. The Balaban J connectivity index is 2.35. The maximum absolute atomic E-state index is 5.20. The lowest BCUT2D eigenvalue weighted by atomic mass is 10.2. The van der Waals surface area contributed by atoms with Crippen LogP contribution in [0, 0.1) is 0 Å². The van der Waals surface area contributed by atoms with E-state index < -0.39 is 0 Å². The molecule has 1 rings (SSSR count). The first-order valence-corrected chi connectivity index (χ1v) is 6.35. The molecule has 0 saturated heterocycles. The lowest BCUT2D eigenvalue weighted by molar-refractivity contribution is 0.196. The van der Waals surface area contributed by atoms with Crippen molar-refractivity contribution in [3.63, 3.8) is 0 Å². The fraction of sp³-hybridized carbons (Fsp3) is 0.462. The van der Waals surface area contributed by atoms with E-state index in [-0.39, 0.29) is 0 Å². The Labute approximate surface area is 114 Å². The summed E-state index contributed by atoms with van der Waals surface area (Å²) in [5.41, 5.74) is 2.16. The highest BCUT2D eigenvalue weighted by Gasteiger charge is 1.98. The van der Waals surface area contributed by atoms with Gasteiger partial charge in [0, 0.05) is 45.7 Å². The molecule has 4 nitrogen and oxygen atoms in total. The van der Waals surface area contributed by atoms with Crippen molar-refractivity contribution in [1.29, 1.82) is 0 Å². The molecule has 5 heteroatoms. The van der Waals surface area contributed by atoms with Crippen molar-refractivity contribution in [3.8, 4) is 0 Å². The van der Waals surface area contributed by atoms with E-state index in [4.69, 9.17) is 17.0 Å². The summed E-state index contributed by atoms with van der Waals surface area (Å²) in [5, 5.41) is 6.92. The second-order valence-electron chi connectivity index (χ2n) is 4.17. The molecule has 0 aliphatic heterocycles. The van der Waals surface area contributed by atoms with Crippen LogP contribution < -0.4 is 15.5 Å². The number of nitrogens with one attached hydrogen (secondary N) is 2. The molecule has 0 bridgehead atoms. The average molecular weight is 267 g/mol. The lowest BCUT2D eigenvalue weighted by Gasteiger charge is -2.14. The molecule has 1 aromatic rings. The Morgan fingerprint density at radius 2 is 1.94 bits per heavy atom. The van der Waals surface area contributed by atoms with E-state index in [0.717, 1.165) is 25.3 Å². The van der Waals surface area contributed by atoms with Crippen LogP contribution in [-0.4, -0.2) is 39.5 Å². The summed E-state index contributed by atoms with van der Waals surface area (Å²) in [6, 6.07) is 8.13. The van der Waals surface area contributed by atoms with Gasteiger partial charge in [-0.2, -0.15) is 0 Å². The molecule has 1 aromatic carbocycles. The Kier molecular flexibility index (Phi) is 6.46. The van der Waals surface area contributed by atoms with Crippen LogP contribution in [0.15, 0.2) is 24.3 Å². The molecular weight excluding hydrogens is 246 g/mol. The standard InChI is InChI=1S/C13H21N3OS/c1-16(2)12-7-5-11(6-8-12)15-13(18)14-9-4-10-17-3/h5-8H,4,9-10H2,1-3H3,(H2,14,15,18). The van der Waals surface area contributed by atoms with Gasteiger partial charge in [-0.3, -0.25) is 0 Å². The van der Waals surface area contributed by atoms with Crippen molar-refractivity contribution >= 4 is 28.7 Å².